The number of benzene rings is 3. The van der Waals surface area contributed by atoms with Crippen LogP contribution in [-0.4, -0.2) is 66.9 Å². The zero-order valence-electron chi connectivity index (χ0n) is 29.9. The van der Waals surface area contributed by atoms with Gasteiger partial charge < -0.3 is 19.5 Å². The summed E-state index contributed by atoms with van der Waals surface area (Å²) in [6, 6.07) is 8.08. The van der Waals surface area contributed by atoms with Crippen molar-refractivity contribution in [2.45, 2.75) is 25.7 Å². The van der Waals surface area contributed by atoms with Gasteiger partial charge in [0.15, 0.2) is 5.69 Å². The van der Waals surface area contributed by atoms with Gasteiger partial charge in [-0.05, 0) is 43.9 Å². The largest absolute Gasteiger partial charge is 0.507 e. The van der Waals surface area contributed by atoms with Gasteiger partial charge in [0.1, 0.15) is 23.1 Å². The van der Waals surface area contributed by atoms with Crippen LogP contribution in [-0.2, 0) is 19.2 Å². The van der Waals surface area contributed by atoms with Crippen molar-refractivity contribution in [3.63, 3.8) is 0 Å². The standard InChI is InChI=1S/C37H33ClFN5O11/c1-37-22(34(47)42(36(37)49)16-6-9-24(39)23(38)10-16)15-21-19(31(37)30-27(45)13-18(54-4)14-28(30)55-5)7-8-20-29(21)35(48)41(33(20)46)17-11-25(43(50)51)32(40(2)3)26(12-17)44(52)53/h6-7,9-14,20-22,29,31,45H,8,15H2,1-5H3/t20-,21+,22-,29-,31+,37+/m0/s1. The molecule has 3 aromatic carbocycles. The van der Waals surface area contributed by atoms with Crippen molar-refractivity contribution >= 4 is 63.7 Å². The molecule has 4 aliphatic rings. The van der Waals surface area contributed by atoms with Crippen molar-refractivity contribution < 1.29 is 48.0 Å². The third-order valence-corrected chi connectivity index (χ3v) is 11.7. The fourth-order valence-corrected chi connectivity index (χ4v) is 9.24. The van der Waals surface area contributed by atoms with Crippen LogP contribution in [0.3, 0.4) is 0 Å². The maximum Gasteiger partial charge on any atom is 0.301 e. The SMILES string of the molecule is COc1cc(O)c([C@H]2C3=CC[C@@H]4C(=O)N(c5cc([N+](=O)[O-])c(N(C)C)c([N+](=O)[O-])c5)C(=O)[C@@H]4[C@@H]3C[C@H]3C(=O)N(c4ccc(F)c(Cl)c4)C(=O)[C@@]23C)c(OC)c1. The van der Waals surface area contributed by atoms with Crippen molar-refractivity contribution in [2.75, 3.05) is 43.0 Å². The van der Waals surface area contributed by atoms with E-state index in [0.717, 1.165) is 29.2 Å². The van der Waals surface area contributed by atoms with Crippen molar-refractivity contribution in [1.29, 1.82) is 0 Å². The molecule has 0 radical (unpaired) electrons. The third-order valence-electron chi connectivity index (χ3n) is 11.4. The molecule has 3 fully saturated rings. The number of nitro groups is 2. The second-order valence-electron chi connectivity index (χ2n) is 14.3. The molecule has 0 spiro atoms. The van der Waals surface area contributed by atoms with Gasteiger partial charge in [0.25, 0.3) is 0 Å². The second kappa shape index (κ2) is 13.0. The maximum absolute atomic E-state index is 14.7. The number of allylic oxidation sites excluding steroid dienone is 2. The Kier molecular flexibility index (Phi) is 8.82. The van der Waals surface area contributed by atoms with Gasteiger partial charge in [-0.15, -0.1) is 0 Å². The number of phenols is 1. The minimum absolute atomic E-state index is 0.000763. The molecule has 6 atom stereocenters. The van der Waals surface area contributed by atoms with E-state index in [0.29, 0.717) is 10.5 Å². The quantitative estimate of drug-likeness (QED) is 0.130. The highest BCUT2D eigenvalue weighted by molar-refractivity contribution is 6.32. The zero-order valence-corrected chi connectivity index (χ0v) is 30.7. The van der Waals surface area contributed by atoms with E-state index in [4.69, 9.17) is 21.1 Å². The zero-order chi connectivity index (χ0) is 40.0. The van der Waals surface area contributed by atoms with E-state index in [-0.39, 0.29) is 57.7 Å². The van der Waals surface area contributed by atoms with Crippen molar-refractivity contribution in [2.24, 2.45) is 29.1 Å². The van der Waals surface area contributed by atoms with E-state index < -0.39 is 85.7 Å². The summed E-state index contributed by atoms with van der Waals surface area (Å²) in [7, 11) is 5.48. The summed E-state index contributed by atoms with van der Waals surface area (Å²) in [4.78, 5) is 83.4. The van der Waals surface area contributed by atoms with Gasteiger partial charge in [-0.3, -0.25) is 39.4 Å². The Morgan fingerprint density at radius 1 is 0.909 bits per heavy atom. The van der Waals surface area contributed by atoms with Crippen LogP contribution in [0.2, 0.25) is 5.02 Å². The molecule has 2 aliphatic carbocycles. The minimum atomic E-state index is -1.64. The summed E-state index contributed by atoms with van der Waals surface area (Å²) >= 11 is 6.08. The molecule has 2 heterocycles. The van der Waals surface area contributed by atoms with E-state index >= 15 is 0 Å². The number of carbonyl (C=O) groups excluding carboxylic acids is 4. The predicted molar refractivity (Wildman–Crippen MR) is 194 cm³/mol. The lowest BCUT2D eigenvalue weighted by molar-refractivity contribution is -0.392. The molecule has 2 saturated heterocycles. The molecular formula is C37H33ClFN5O11. The summed E-state index contributed by atoms with van der Waals surface area (Å²) in [6.45, 7) is 1.57. The van der Waals surface area contributed by atoms with Crippen LogP contribution in [0.15, 0.2) is 54.1 Å². The normalized spacial score (nSPS) is 25.7. The molecule has 3 aromatic rings. The Morgan fingerprint density at radius 2 is 1.56 bits per heavy atom. The summed E-state index contributed by atoms with van der Waals surface area (Å²) < 4.78 is 25.3. The molecule has 1 saturated carbocycles. The number of fused-ring (bicyclic) bond motifs is 4. The van der Waals surface area contributed by atoms with Gasteiger partial charge in [-0.1, -0.05) is 23.3 Å². The van der Waals surface area contributed by atoms with E-state index in [9.17, 15) is 48.9 Å². The molecule has 55 heavy (non-hydrogen) atoms. The highest BCUT2D eigenvalue weighted by Gasteiger charge is 2.68. The fraction of sp³-hybridized carbons (Fsp3) is 0.351. The number of imide groups is 2. The Bertz CT molecular complexity index is 2260. The summed E-state index contributed by atoms with van der Waals surface area (Å²) in [5.74, 6) is -9.15. The molecule has 286 valence electrons. The number of carbonyl (C=O) groups is 4. The first-order valence-corrected chi connectivity index (χ1v) is 17.4. The Balaban J connectivity index is 1.40. The van der Waals surface area contributed by atoms with Crippen LogP contribution in [0.1, 0.15) is 31.2 Å². The average molecular weight is 778 g/mol. The first kappa shape index (κ1) is 37.2. The van der Waals surface area contributed by atoms with Crippen LogP contribution in [0.4, 0.5) is 32.8 Å². The average Bonchev–Trinajstić information content (AvgIpc) is 3.51. The molecule has 7 rings (SSSR count). The smallest absolute Gasteiger partial charge is 0.301 e. The number of nitro benzene ring substituents is 2. The second-order valence-corrected chi connectivity index (χ2v) is 14.7. The Labute approximate surface area is 316 Å². The van der Waals surface area contributed by atoms with Gasteiger partial charge in [0.05, 0.1) is 63.6 Å². The number of hydrogen-bond acceptors (Lipinski definition) is 12. The molecule has 16 nitrogen and oxygen atoms in total. The Hall–Kier alpha value is -6.10. The summed E-state index contributed by atoms with van der Waals surface area (Å²) in [5.41, 5.74) is -3.16. The van der Waals surface area contributed by atoms with Crippen LogP contribution >= 0.6 is 11.6 Å². The van der Waals surface area contributed by atoms with Crippen LogP contribution in [0.25, 0.3) is 0 Å². The number of aromatic hydroxyl groups is 1. The van der Waals surface area contributed by atoms with Gasteiger partial charge in [-0.25, -0.2) is 14.2 Å². The summed E-state index contributed by atoms with van der Waals surface area (Å²) in [6.07, 6.45) is 1.53. The molecule has 0 unspecified atom stereocenters. The third kappa shape index (κ3) is 5.31. The van der Waals surface area contributed by atoms with Crippen molar-refractivity contribution in [3.05, 3.63) is 90.7 Å². The lowest BCUT2D eigenvalue weighted by Gasteiger charge is -2.49. The van der Waals surface area contributed by atoms with E-state index in [2.05, 4.69) is 0 Å². The number of nitrogens with zero attached hydrogens (tertiary/aromatic N) is 5. The van der Waals surface area contributed by atoms with Gasteiger partial charge in [-0.2, -0.15) is 0 Å². The number of phenolic OH excluding ortho intramolecular Hbond substituents is 1. The van der Waals surface area contributed by atoms with E-state index in [1.807, 2.05) is 0 Å². The van der Waals surface area contributed by atoms with Crippen LogP contribution in [0.5, 0.6) is 17.2 Å². The van der Waals surface area contributed by atoms with Crippen molar-refractivity contribution in [1.82, 2.24) is 0 Å². The van der Waals surface area contributed by atoms with Gasteiger partial charge >= 0.3 is 11.4 Å². The topological polar surface area (TPSA) is 203 Å². The fourth-order valence-electron chi connectivity index (χ4n) is 9.07. The van der Waals surface area contributed by atoms with Crippen molar-refractivity contribution in [3.8, 4) is 17.2 Å². The number of anilines is 3. The first-order valence-electron chi connectivity index (χ1n) is 17.0. The number of amides is 4. The van der Waals surface area contributed by atoms with Gasteiger partial charge in [0.2, 0.25) is 23.6 Å². The van der Waals surface area contributed by atoms with Crippen LogP contribution in [0, 0.1) is 55.1 Å². The molecule has 0 aromatic heterocycles. The highest BCUT2D eigenvalue weighted by Crippen LogP contribution is 2.66. The maximum atomic E-state index is 14.7. The molecule has 4 amide bonds. The molecule has 18 heteroatoms. The number of ether oxygens (including phenoxy) is 2. The molecular weight excluding hydrogens is 745 g/mol. The lowest BCUT2D eigenvalue weighted by Crippen LogP contribution is -2.49. The van der Waals surface area contributed by atoms with Crippen LogP contribution < -0.4 is 24.2 Å². The first-order chi connectivity index (χ1) is 26.0. The number of hydrogen-bond donors (Lipinski definition) is 1. The lowest BCUT2D eigenvalue weighted by atomic mass is 9.51. The molecule has 2 aliphatic heterocycles. The molecule has 1 N–H and O–H groups in total. The Morgan fingerprint density at radius 3 is 2.13 bits per heavy atom. The van der Waals surface area contributed by atoms with Gasteiger partial charge in [0, 0.05) is 49.8 Å². The molecule has 0 bridgehead atoms. The summed E-state index contributed by atoms with van der Waals surface area (Å²) in [5, 5.41) is 35.6. The predicted octanol–water partition coefficient (Wildman–Crippen LogP) is 5.52. The van der Waals surface area contributed by atoms with E-state index in [1.165, 1.54) is 51.4 Å². The number of methoxy groups -OCH3 is 2. The monoisotopic (exact) mass is 777 g/mol. The minimum Gasteiger partial charge on any atom is -0.507 e. The highest BCUT2D eigenvalue weighted by atomic mass is 35.5. The van der Waals surface area contributed by atoms with E-state index in [1.54, 1.807) is 13.0 Å². The number of rotatable bonds is 8. The number of halogens is 2.